The first-order valence-corrected chi connectivity index (χ1v) is 6.00. The standard InChI is InChI=1S/C13H12N4O4/c1-8-9(4-3-5-11(8)17(20)21)14-13(19)10-6-7-12(18)16(2)15-10/h3-7H,1-2H3,(H,14,19). The summed E-state index contributed by atoms with van der Waals surface area (Å²) >= 11 is 0. The molecule has 0 unspecified atom stereocenters. The monoisotopic (exact) mass is 288 g/mol. The summed E-state index contributed by atoms with van der Waals surface area (Å²) in [6, 6.07) is 6.92. The third-order valence-electron chi connectivity index (χ3n) is 2.94. The molecule has 21 heavy (non-hydrogen) atoms. The molecule has 0 spiro atoms. The van der Waals surface area contributed by atoms with Gasteiger partial charge in [-0.3, -0.25) is 19.7 Å². The van der Waals surface area contributed by atoms with Crippen molar-refractivity contribution in [1.82, 2.24) is 9.78 Å². The number of amides is 1. The topological polar surface area (TPSA) is 107 Å². The molecule has 1 aromatic carbocycles. The number of benzene rings is 1. The summed E-state index contributed by atoms with van der Waals surface area (Å²) in [4.78, 5) is 33.6. The molecular weight excluding hydrogens is 276 g/mol. The van der Waals surface area contributed by atoms with Gasteiger partial charge in [-0.25, -0.2) is 4.68 Å². The van der Waals surface area contributed by atoms with Crippen LogP contribution in [0.15, 0.2) is 35.1 Å². The highest BCUT2D eigenvalue weighted by Crippen LogP contribution is 2.25. The molecule has 0 atom stereocenters. The highest BCUT2D eigenvalue weighted by Gasteiger charge is 2.16. The number of anilines is 1. The van der Waals surface area contributed by atoms with Crippen molar-refractivity contribution in [1.29, 1.82) is 0 Å². The highest BCUT2D eigenvalue weighted by atomic mass is 16.6. The van der Waals surface area contributed by atoms with Crippen LogP contribution in [0.25, 0.3) is 0 Å². The lowest BCUT2D eigenvalue weighted by molar-refractivity contribution is -0.385. The fraction of sp³-hybridized carbons (Fsp3) is 0.154. The average Bonchev–Trinajstić information content (AvgIpc) is 2.43. The zero-order chi connectivity index (χ0) is 15.6. The van der Waals surface area contributed by atoms with E-state index in [0.717, 1.165) is 4.68 Å². The van der Waals surface area contributed by atoms with E-state index in [2.05, 4.69) is 10.4 Å². The van der Waals surface area contributed by atoms with Gasteiger partial charge in [-0.05, 0) is 19.1 Å². The van der Waals surface area contributed by atoms with Crippen molar-refractivity contribution in [2.45, 2.75) is 6.92 Å². The summed E-state index contributed by atoms with van der Waals surface area (Å²) < 4.78 is 1.04. The second-order valence-corrected chi connectivity index (χ2v) is 4.34. The van der Waals surface area contributed by atoms with Gasteiger partial charge in [0.15, 0.2) is 0 Å². The normalized spacial score (nSPS) is 10.2. The van der Waals surface area contributed by atoms with Gasteiger partial charge in [0.25, 0.3) is 17.2 Å². The van der Waals surface area contributed by atoms with Crippen LogP contribution in [0.4, 0.5) is 11.4 Å². The first-order valence-electron chi connectivity index (χ1n) is 6.00. The molecular formula is C13H12N4O4. The summed E-state index contributed by atoms with van der Waals surface area (Å²) in [7, 11) is 1.43. The second-order valence-electron chi connectivity index (χ2n) is 4.34. The van der Waals surface area contributed by atoms with Gasteiger partial charge in [-0.1, -0.05) is 6.07 Å². The number of aryl methyl sites for hydroxylation is 1. The van der Waals surface area contributed by atoms with Crippen LogP contribution >= 0.6 is 0 Å². The molecule has 2 aromatic rings. The van der Waals surface area contributed by atoms with E-state index >= 15 is 0 Å². The third kappa shape index (κ3) is 2.94. The van der Waals surface area contributed by atoms with Gasteiger partial charge < -0.3 is 5.32 Å². The molecule has 0 fully saturated rings. The number of nitro groups is 1. The molecule has 0 bridgehead atoms. The third-order valence-corrected chi connectivity index (χ3v) is 2.94. The van der Waals surface area contributed by atoms with Gasteiger partial charge in [0.05, 0.1) is 16.2 Å². The van der Waals surface area contributed by atoms with E-state index in [1.54, 1.807) is 13.0 Å². The zero-order valence-electron chi connectivity index (χ0n) is 11.4. The van der Waals surface area contributed by atoms with Crippen molar-refractivity contribution in [3.05, 3.63) is 62.1 Å². The quantitative estimate of drug-likeness (QED) is 0.675. The lowest BCUT2D eigenvalue weighted by atomic mass is 10.1. The van der Waals surface area contributed by atoms with Crippen molar-refractivity contribution >= 4 is 17.3 Å². The number of carbonyl (C=O) groups excluding carboxylic acids is 1. The van der Waals surface area contributed by atoms with E-state index in [9.17, 15) is 19.7 Å². The van der Waals surface area contributed by atoms with Crippen LogP contribution in [0.1, 0.15) is 16.1 Å². The minimum absolute atomic E-state index is 0.0445. The Balaban J connectivity index is 2.31. The van der Waals surface area contributed by atoms with Gasteiger partial charge in [0.1, 0.15) is 5.69 Å². The Kier molecular flexibility index (Phi) is 3.79. The van der Waals surface area contributed by atoms with Gasteiger partial charge >= 0.3 is 0 Å². The van der Waals surface area contributed by atoms with Crippen LogP contribution in [0, 0.1) is 17.0 Å². The minimum Gasteiger partial charge on any atom is -0.320 e. The van der Waals surface area contributed by atoms with E-state index in [0.29, 0.717) is 11.3 Å². The summed E-state index contributed by atoms with van der Waals surface area (Å²) in [5.41, 5.74) is 0.299. The number of hydrogen-bond donors (Lipinski definition) is 1. The van der Waals surface area contributed by atoms with Crippen LogP contribution in [0.5, 0.6) is 0 Å². The summed E-state index contributed by atoms with van der Waals surface area (Å²) in [6.07, 6.45) is 0. The molecule has 0 aliphatic carbocycles. The minimum atomic E-state index is -0.547. The van der Waals surface area contributed by atoms with Crippen LogP contribution in [-0.4, -0.2) is 20.6 Å². The van der Waals surface area contributed by atoms with Crippen LogP contribution < -0.4 is 10.9 Å². The van der Waals surface area contributed by atoms with Crippen molar-refractivity contribution in [2.24, 2.45) is 7.05 Å². The van der Waals surface area contributed by atoms with Crippen molar-refractivity contribution in [3.8, 4) is 0 Å². The van der Waals surface area contributed by atoms with E-state index in [-0.39, 0.29) is 16.9 Å². The lowest BCUT2D eigenvalue weighted by Gasteiger charge is -2.08. The zero-order valence-corrected chi connectivity index (χ0v) is 11.4. The van der Waals surface area contributed by atoms with Gasteiger partial charge in [-0.15, -0.1) is 0 Å². The van der Waals surface area contributed by atoms with E-state index in [1.807, 2.05) is 0 Å². The largest absolute Gasteiger partial charge is 0.320 e. The summed E-state index contributed by atoms with van der Waals surface area (Å²) in [5.74, 6) is -0.547. The molecule has 8 nitrogen and oxygen atoms in total. The average molecular weight is 288 g/mol. The molecule has 1 heterocycles. The fourth-order valence-corrected chi connectivity index (χ4v) is 1.77. The van der Waals surface area contributed by atoms with Crippen molar-refractivity contribution < 1.29 is 9.72 Å². The fourth-order valence-electron chi connectivity index (χ4n) is 1.77. The molecule has 0 aliphatic heterocycles. The maximum Gasteiger partial charge on any atom is 0.276 e. The van der Waals surface area contributed by atoms with Gasteiger partial charge in [0.2, 0.25) is 0 Å². The molecule has 108 valence electrons. The first-order chi connectivity index (χ1) is 9.90. The van der Waals surface area contributed by atoms with E-state index in [1.165, 1.54) is 31.3 Å². The number of rotatable bonds is 3. The Labute approximate surface area is 119 Å². The van der Waals surface area contributed by atoms with Gasteiger partial charge in [0, 0.05) is 19.2 Å². The lowest BCUT2D eigenvalue weighted by Crippen LogP contribution is -2.23. The Morgan fingerprint density at radius 1 is 1.33 bits per heavy atom. The highest BCUT2D eigenvalue weighted by molar-refractivity contribution is 6.03. The number of nitro benzene ring substituents is 1. The van der Waals surface area contributed by atoms with Crippen LogP contribution in [0.2, 0.25) is 0 Å². The predicted molar refractivity (Wildman–Crippen MR) is 75.3 cm³/mol. The molecule has 2 rings (SSSR count). The maximum atomic E-state index is 12.1. The Morgan fingerprint density at radius 3 is 2.67 bits per heavy atom. The van der Waals surface area contributed by atoms with E-state index < -0.39 is 10.8 Å². The van der Waals surface area contributed by atoms with Crippen LogP contribution in [-0.2, 0) is 7.05 Å². The van der Waals surface area contributed by atoms with Crippen molar-refractivity contribution in [2.75, 3.05) is 5.32 Å². The molecule has 0 radical (unpaired) electrons. The van der Waals surface area contributed by atoms with Crippen molar-refractivity contribution in [3.63, 3.8) is 0 Å². The SMILES string of the molecule is Cc1c(NC(=O)c2ccc(=O)n(C)n2)cccc1[N+](=O)[O-]. The smallest absolute Gasteiger partial charge is 0.276 e. The second kappa shape index (κ2) is 5.53. The number of nitrogens with one attached hydrogen (secondary N) is 1. The molecule has 0 saturated heterocycles. The molecule has 0 saturated carbocycles. The predicted octanol–water partition coefficient (Wildman–Crippen LogP) is 1.25. The molecule has 1 amide bonds. The maximum absolute atomic E-state index is 12.1. The molecule has 8 heteroatoms. The Hall–Kier alpha value is -3.03. The summed E-state index contributed by atoms with van der Waals surface area (Å²) in [6.45, 7) is 1.54. The molecule has 1 aromatic heterocycles. The number of nitrogens with zero attached hydrogens (tertiary/aromatic N) is 3. The first kappa shape index (κ1) is 14.4. The number of carbonyl (C=O) groups is 1. The number of aromatic nitrogens is 2. The van der Waals surface area contributed by atoms with Crippen LogP contribution in [0.3, 0.4) is 0 Å². The Morgan fingerprint density at radius 2 is 2.05 bits per heavy atom. The molecule has 0 aliphatic rings. The number of hydrogen-bond acceptors (Lipinski definition) is 5. The Bertz CT molecular complexity index is 782. The molecule has 1 N–H and O–H groups in total. The van der Waals surface area contributed by atoms with Gasteiger partial charge in [-0.2, -0.15) is 5.10 Å². The van der Waals surface area contributed by atoms with E-state index in [4.69, 9.17) is 0 Å². The summed E-state index contributed by atoms with van der Waals surface area (Å²) in [5, 5.41) is 17.2.